The van der Waals surface area contributed by atoms with E-state index in [-0.39, 0.29) is 0 Å². The summed E-state index contributed by atoms with van der Waals surface area (Å²) in [6, 6.07) is 84.1. The van der Waals surface area contributed by atoms with E-state index in [0.29, 0.717) is 5.82 Å². The first-order chi connectivity index (χ1) is 28.8. The summed E-state index contributed by atoms with van der Waals surface area (Å²) >= 11 is 0. The van der Waals surface area contributed by atoms with Crippen LogP contribution in [-0.2, 0) is 10.8 Å². The van der Waals surface area contributed by atoms with Gasteiger partial charge in [-0.1, -0.05) is 212 Å². The lowest BCUT2D eigenvalue weighted by Gasteiger charge is -2.57. The molecule has 0 bridgehead atoms. The summed E-state index contributed by atoms with van der Waals surface area (Å²) in [5, 5.41) is 3.43. The molecule has 1 aromatic heterocycles. The molecular formula is C56H38N2. The summed E-state index contributed by atoms with van der Waals surface area (Å²) in [5.41, 5.74) is 12.3. The smallest absolute Gasteiger partial charge is 0.160 e. The van der Waals surface area contributed by atoms with E-state index in [0.717, 1.165) is 27.7 Å². The van der Waals surface area contributed by atoms with E-state index >= 15 is 0 Å². The third-order valence-corrected chi connectivity index (χ3v) is 12.3. The van der Waals surface area contributed by atoms with Gasteiger partial charge in [0.1, 0.15) is 0 Å². The highest BCUT2D eigenvalue weighted by molar-refractivity contribution is 5.97. The molecule has 1 heterocycles. The van der Waals surface area contributed by atoms with Crippen LogP contribution in [0.1, 0.15) is 33.4 Å². The van der Waals surface area contributed by atoms with Gasteiger partial charge in [-0.2, -0.15) is 0 Å². The summed E-state index contributed by atoms with van der Waals surface area (Å²) in [5.74, 6) is 0.704. The van der Waals surface area contributed by atoms with Crippen LogP contribution in [0.15, 0.2) is 231 Å². The van der Waals surface area contributed by atoms with Crippen molar-refractivity contribution in [1.29, 1.82) is 0 Å². The zero-order valence-electron chi connectivity index (χ0n) is 31.8. The first kappa shape index (κ1) is 33.9. The normalized spacial score (nSPS) is 13.8. The largest absolute Gasteiger partial charge is 0.228 e. The summed E-state index contributed by atoms with van der Waals surface area (Å²) in [6.07, 6.45) is 0. The highest BCUT2D eigenvalue weighted by Gasteiger charge is 2.61. The lowest BCUT2D eigenvalue weighted by molar-refractivity contribution is 0.415. The standard InChI is InChI=1S/C56H38N2/c1-5-21-43(22-6-1)55(44-23-7-2-8-24-44)50-31-17-15-29-47(50)49-38-42(35-36-51(49)56(55,45-25-9-3-10-26-45)46-27-11-4-12-28-46)54-57-52-32-18-16-30-48(52)53(58-54)41-34-33-39-19-13-14-20-40(39)37-41/h1-38H. The molecule has 9 aromatic carbocycles. The molecule has 0 fully saturated rings. The zero-order valence-corrected chi connectivity index (χ0v) is 31.8. The van der Waals surface area contributed by atoms with Crippen molar-refractivity contribution in [3.63, 3.8) is 0 Å². The van der Waals surface area contributed by atoms with Gasteiger partial charge in [0.2, 0.25) is 0 Å². The van der Waals surface area contributed by atoms with Crippen molar-refractivity contribution in [2.24, 2.45) is 0 Å². The van der Waals surface area contributed by atoms with Gasteiger partial charge in [-0.25, -0.2) is 9.97 Å². The Labute approximate surface area is 338 Å². The Morgan fingerprint density at radius 2 is 0.793 bits per heavy atom. The lowest BCUT2D eigenvalue weighted by Crippen LogP contribution is -2.54. The fourth-order valence-electron chi connectivity index (χ4n) is 10.0. The molecule has 0 spiro atoms. The molecule has 0 saturated heterocycles. The molecular weight excluding hydrogens is 701 g/mol. The SMILES string of the molecule is c1ccc(C2(c3ccccc3)c3ccccc3-c3cc(-c4nc(-c5ccc6ccccc6c5)c5ccccc5n4)ccc3C2(c2ccccc2)c2ccccc2)cc1. The molecule has 0 radical (unpaired) electrons. The lowest BCUT2D eigenvalue weighted by atomic mass is 9.43. The zero-order chi connectivity index (χ0) is 38.5. The number of nitrogens with zero attached hydrogens (tertiary/aromatic N) is 2. The average molecular weight is 739 g/mol. The Bertz CT molecular complexity index is 3020. The van der Waals surface area contributed by atoms with E-state index in [9.17, 15) is 0 Å². The minimum atomic E-state index is -0.707. The van der Waals surface area contributed by atoms with Gasteiger partial charge in [0, 0.05) is 16.5 Å². The van der Waals surface area contributed by atoms with Gasteiger partial charge in [0.05, 0.1) is 22.0 Å². The molecule has 58 heavy (non-hydrogen) atoms. The maximum absolute atomic E-state index is 5.42. The van der Waals surface area contributed by atoms with Gasteiger partial charge in [0.15, 0.2) is 5.82 Å². The second kappa shape index (κ2) is 13.7. The van der Waals surface area contributed by atoms with Crippen LogP contribution in [0.25, 0.3) is 55.4 Å². The first-order valence-corrected chi connectivity index (χ1v) is 20.0. The highest BCUT2D eigenvalue weighted by atomic mass is 14.9. The van der Waals surface area contributed by atoms with E-state index in [2.05, 4.69) is 231 Å². The van der Waals surface area contributed by atoms with Crippen molar-refractivity contribution < 1.29 is 0 Å². The number of benzene rings is 9. The first-order valence-electron chi connectivity index (χ1n) is 20.0. The van der Waals surface area contributed by atoms with Gasteiger partial charge in [-0.3, -0.25) is 0 Å². The summed E-state index contributed by atoms with van der Waals surface area (Å²) in [7, 11) is 0. The Morgan fingerprint density at radius 3 is 1.41 bits per heavy atom. The summed E-state index contributed by atoms with van der Waals surface area (Å²) in [4.78, 5) is 10.7. The third-order valence-electron chi connectivity index (χ3n) is 12.3. The van der Waals surface area contributed by atoms with Crippen molar-refractivity contribution in [2.45, 2.75) is 10.8 Å². The summed E-state index contributed by atoms with van der Waals surface area (Å²) in [6.45, 7) is 0. The molecule has 1 aliphatic rings. The number of para-hydroxylation sites is 1. The Hall–Kier alpha value is -7.42. The van der Waals surface area contributed by atoms with Gasteiger partial charge in [-0.05, 0) is 73.5 Å². The van der Waals surface area contributed by atoms with Crippen molar-refractivity contribution in [2.75, 3.05) is 0 Å². The van der Waals surface area contributed by atoms with Gasteiger partial charge >= 0.3 is 0 Å². The fourth-order valence-corrected chi connectivity index (χ4v) is 10.0. The van der Waals surface area contributed by atoms with Crippen LogP contribution in [-0.4, -0.2) is 9.97 Å². The minimum Gasteiger partial charge on any atom is -0.228 e. The number of aromatic nitrogens is 2. The molecule has 2 nitrogen and oxygen atoms in total. The predicted molar refractivity (Wildman–Crippen MR) is 239 cm³/mol. The van der Waals surface area contributed by atoms with Crippen molar-refractivity contribution >= 4 is 21.7 Å². The van der Waals surface area contributed by atoms with Gasteiger partial charge < -0.3 is 0 Å². The number of fused-ring (bicyclic) bond motifs is 5. The van der Waals surface area contributed by atoms with Gasteiger partial charge in [-0.15, -0.1) is 0 Å². The Morgan fingerprint density at radius 1 is 0.310 bits per heavy atom. The topological polar surface area (TPSA) is 25.8 Å². The maximum Gasteiger partial charge on any atom is 0.160 e. The fraction of sp³-hybridized carbons (Fsp3) is 0.0357. The van der Waals surface area contributed by atoms with E-state index in [1.165, 1.54) is 55.3 Å². The molecule has 272 valence electrons. The van der Waals surface area contributed by atoms with E-state index in [1.54, 1.807) is 0 Å². The number of hydrogen-bond donors (Lipinski definition) is 0. The molecule has 11 rings (SSSR count). The number of hydrogen-bond acceptors (Lipinski definition) is 2. The predicted octanol–water partition coefficient (Wildman–Crippen LogP) is 13.5. The second-order valence-electron chi connectivity index (χ2n) is 15.2. The van der Waals surface area contributed by atoms with Crippen LogP contribution < -0.4 is 0 Å². The third kappa shape index (κ3) is 4.98. The molecule has 0 aliphatic heterocycles. The molecule has 2 heteroatoms. The second-order valence-corrected chi connectivity index (χ2v) is 15.2. The molecule has 10 aromatic rings. The molecule has 0 unspecified atom stereocenters. The Kier molecular flexibility index (Phi) is 7.97. The molecule has 1 aliphatic carbocycles. The van der Waals surface area contributed by atoms with Crippen LogP contribution in [0.4, 0.5) is 0 Å². The average Bonchev–Trinajstić information content (AvgIpc) is 3.31. The van der Waals surface area contributed by atoms with Crippen LogP contribution in [0.3, 0.4) is 0 Å². The van der Waals surface area contributed by atoms with E-state index < -0.39 is 10.8 Å². The van der Waals surface area contributed by atoms with Crippen molar-refractivity contribution in [3.8, 4) is 33.8 Å². The van der Waals surface area contributed by atoms with E-state index in [4.69, 9.17) is 9.97 Å². The van der Waals surface area contributed by atoms with Crippen LogP contribution in [0, 0.1) is 0 Å². The van der Waals surface area contributed by atoms with Gasteiger partial charge in [0.25, 0.3) is 0 Å². The Balaban J connectivity index is 1.25. The maximum atomic E-state index is 5.42. The molecule has 0 saturated carbocycles. The minimum absolute atomic E-state index is 0.675. The van der Waals surface area contributed by atoms with Crippen LogP contribution >= 0.6 is 0 Å². The number of rotatable bonds is 6. The monoisotopic (exact) mass is 738 g/mol. The summed E-state index contributed by atoms with van der Waals surface area (Å²) < 4.78 is 0. The van der Waals surface area contributed by atoms with E-state index in [1.807, 2.05) is 0 Å². The van der Waals surface area contributed by atoms with Crippen molar-refractivity contribution in [3.05, 3.63) is 264 Å². The van der Waals surface area contributed by atoms with Crippen LogP contribution in [0.2, 0.25) is 0 Å². The highest BCUT2D eigenvalue weighted by Crippen LogP contribution is 2.65. The van der Waals surface area contributed by atoms with Crippen molar-refractivity contribution in [1.82, 2.24) is 9.97 Å². The quantitative estimate of drug-likeness (QED) is 0.170. The van der Waals surface area contributed by atoms with Crippen LogP contribution in [0.5, 0.6) is 0 Å². The molecule has 0 amide bonds. The molecule has 0 N–H and O–H groups in total. The molecule has 0 atom stereocenters.